The number of hydrogen-bond acceptors (Lipinski definition) is 12. The number of rotatable bonds is 23. The van der Waals surface area contributed by atoms with Crippen molar-refractivity contribution in [3.05, 3.63) is 179 Å². The lowest BCUT2D eigenvalue weighted by atomic mass is 9.94. The van der Waals surface area contributed by atoms with Crippen molar-refractivity contribution < 1.29 is 57.5 Å². The number of carbonyl (C=O) groups is 5. The fourth-order valence-corrected chi connectivity index (χ4v) is 7.84. The van der Waals surface area contributed by atoms with Gasteiger partial charge in [0.05, 0.1) is 32.0 Å². The van der Waals surface area contributed by atoms with E-state index in [0.29, 0.717) is 5.56 Å². The summed E-state index contributed by atoms with van der Waals surface area (Å²) in [4.78, 5) is 68.1. The van der Waals surface area contributed by atoms with Crippen LogP contribution in [0, 0.1) is 5.92 Å². The van der Waals surface area contributed by atoms with Crippen molar-refractivity contribution in [1.29, 1.82) is 0 Å². The van der Waals surface area contributed by atoms with Gasteiger partial charge in [0.25, 0.3) is 0 Å². The van der Waals surface area contributed by atoms with Crippen LogP contribution in [0.3, 0.4) is 0 Å². The Bertz CT molecular complexity index is 2490. The summed E-state index contributed by atoms with van der Waals surface area (Å²) in [5.74, 6) is -3.28. The predicted octanol–water partition coefficient (Wildman–Crippen LogP) is 6.33. The fourth-order valence-electron chi connectivity index (χ4n) is 7.84. The quantitative estimate of drug-likeness (QED) is 0.0456. The summed E-state index contributed by atoms with van der Waals surface area (Å²) in [6.07, 6.45) is -5.32. The molecule has 7 atom stereocenters. The van der Waals surface area contributed by atoms with Crippen LogP contribution in [0.25, 0.3) is 0 Å². The molecule has 5 aromatic carbocycles. The number of esters is 1. The average molecular weight is 987 g/mol. The van der Waals surface area contributed by atoms with Gasteiger partial charge in [0, 0.05) is 6.42 Å². The molecule has 0 spiro atoms. The van der Waals surface area contributed by atoms with Gasteiger partial charge < -0.3 is 54.8 Å². The van der Waals surface area contributed by atoms with Crippen molar-refractivity contribution in [3.63, 3.8) is 0 Å². The van der Waals surface area contributed by atoms with Gasteiger partial charge in [-0.3, -0.25) is 14.4 Å². The van der Waals surface area contributed by atoms with Crippen LogP contribution in [0.2, 0.25) is 0 Å². The molecular formula is C56H66N4O12. The van der Waals surface area contributed by atoms with Crippen LogP contribution in [0.4, 0.5) is 4.79 Å². The van der Waals surface area contributed by atoms with Crippen LogP contribution in [-0.2, 0) is 75.7 Å². The van der Waals surface area contributed by atoms with Gasteiger partial charge in [-0.1, -0.05) is 147 Å². The molecule has 1 heterocycles. The lowest BCUT2D eigenvalue weighted by molar-refractivity contribution is -0.278. The van der Waals surface area contributed by atoms with Crippen LogP contribution in [-0.4, -0.2) is 96.4 Å². The highest BCUT2D eigenvalue weighted by Crippen LogP contribution is 2.28. The molecule has 1 aliphatic heterocycles. The summed E-state index contributed by atoms with van der Waals surface area (Å²) in [6.45, 7) is 8.53. The van der Waals surface area contributed by atoms with Crippen LogP contribution in [0.15, 0.2) is 146 Å². The predicted molar refractivity (Wildman–Crippen MR) is 268 cm³/mol. The summed E-state index contributed by atoms with van der Waals surface area (Å²) in [7, 11) is 0. The maximum atomic E-state index is 14.6. The minimum absolute atomic E-state index is 0.0140. The highest BCUT2D eigenvalue weighted by atomic mass is 16.7. The summed E-state index contributed by atoms with van der Waals surface area (Å²) in [6, 6.07) is 40.4. The summed E-state index contributed by atoms with van der Waals surface area (Å²) >= 11 is 0. The number of aliphatic hydroxyl groups is 1. The van der Waals surface area contributed by atoms with Gasteiger partial charge in [0.15, 0.2) is 6.29 Å². The van der Waals surface area contributed by atoms with Crippen molar-refractivity contribution >= 4 is 29.8 Å². The Morgan fingerprint density at radius 3 is 1.72 bits per heavy atom. The Labute approximate surface area is 421 Å². The Hall–Kier alpha value is -6.95. The van der Waals surface area contributed by atoms with E-state index in [-0.39, 0.29) is 45.0 Å². The highest BCUT2D eigenvalue weighted by molar-refractivity contribution is 5.93. The van der Waals surface area contributed by atoms with Gasteiger partial charge in [0.1, 0.15) is 55.2 Å². The molecule has 0 saturated carbocycles. The van der Waals surface area contributed by atoms with Crippen molar-refractivity contribution in [2.75, 3.05) is 13.2 Å². The topological polar surface area (TPSA) is 209 Å². The second kappa shape index (κ2) is 27.0. The molecule has 72 heavy (non-hydrogen) atoms. The molecule has 0 unspecified atom stereocenters. The third kappa shape index (κ3) is 17.4. The Balaban J connectivity index is 1.22. The van der Waals surface area contributed by atoms with Gasteiger partial charge in [-0.2, -0.15) is 0 Å². The lowest BCUT2D eigenvalue weighted by Gasteiger charge is -2.45. The van der Waals surface area contributed by atoms with Crippen LogP contribution >= 0.6 is 0 Å². The minimum atomic E-state index is -1.61. The van der Waals surface area contributed by atoms with Gasteiger partial charge in [-0.25, -0.2) is 9.59 Å². The third-order valence-corrected chi connectivity index (χ3v) is 11.4. The molecule has 0 aromatic heterocycles. The fraction of sp³-hybridized carbons (Fsp3) is 0.375. The number of alkyl carbamates (subject to hydrolysis) is 1. The Morgan fingerprint density at radius 1 is 0.639 bits per heavy atom. The lowest BCUT2D eigenvalue weighted by Crippen LogP contribution is -2.67. The Morgan fingerprint density at radius 2 is 1.17 bits per heavy atom. The molecule has 6 rings (SSSR count). The van der Waals surface area contributed by atoms with Crippen LogP contribution in [0.1, 0.15) is 72.8 Å². The zero-order chi connectivity index (χ0) is 51.5. The molecule has 5 N–H and O–H groups in total. The van der Waals surface area contributed by atoms with E-state index in [9.17, 15) is 29.1 Å². The summed E-state index contributed by atoms with van der Waals surface area (Å²) in [5.41, 5.74) is 3.31. The number of carbonyl (C=O) groups excluding carboxylic acids is 5. The van der Waals surface area contributed by atoms with Gasteiger partial charge in [-0.05, 0) is 66.6 Å². The first kappa shape index (κ1) is 54.4. The third-order valence-electron chi connectivity index (χ3n) is 11.4. The van der Waals surface area contributed by atoms with E-state index in [1.165, 1.54) is 0 Å². The van der Waals surface area contributed by atoms with E-state index in [4.69, 9.17) is 28.4 Å². The number of nitrogens with one attached hydrogen (secondary N) is 4. The normalized spacial score (nSPS) is 18.5. The van der Waals surface area contributed by atoms with Crippen LogP contribution in [0.5, 0.6) is 0 Å². The number of ether oxygens (including phenoxy) is 6. The van der Waals surface area contributed by atoms with Crippen LogP contribution < -0.4 is 21.3 Å². The largest absolute Gasteiger partial charge is 0.457 e. The minimum Gasteiger partial charge on any atom is -0.457 e. The molecule has 16 nitrogen and oxygen atoms in total. The highest BCUT2D eigenvalue weighted by Gasteiger charge is 2.48. The molecule has 0 aliphatic carbocycles. The van der Waals surface area contributed by atoms with E-state index >= 15 is 0 Å². The number of aliphatic hydroxyl groups excluding tert-OH is 1. The van der Waals surface area contributed by atoms with Crippen molar-refractivity contribution in [2.45, 2.75) is 116 Å². The molecule has 0 bridgehead atoms. The molecular weight excluding hydrogens is 921 g/mol. The number of hydrogen-bond donors (Lipinski definition) is 5. The smallest absolute Gasteiger partial charge is 0.408 e. The van der Waals surface area contributed by atoms with Gasteiger partial charge in [0.2, 0.25) is 17.7 Å². The first-order chi connectivity index (χ1) is 34.6. The summed E-state index contributed by atoms with van der Waals surface area (Å²) in [5, 5.41) is 22.6. The molecule has 4 amide bonds. The maximum absolute atomic E-state index is 14.6. The van der Waals surface area contributed by atoms with Crippen molar-refractivity contribution in [1.82, 2.24) is 21.3 Å². The molecule has 0 radical (unpaired) electrons. The Kier molecular flexibility index (Phi) is 20.4. The average Bonchev–Trinajstić information content (AvgIpc) is 3.37. The van der Waals surface area contributed by atoms with Crippen molar-refractivity contribution in [3.8, 4) is 0 Å². The standard InChI is InChI=1S/C56H66N4O12/c1-37(2)47(59-51(62)44(58-46(61)31-57-55(66)72-56(3,4)5)30-42-27-18-28-43(29-42)53(64)70-35-41-25-16-9-17-26-41)52(63)60-48-50(69-34-40-23-14-8-15-24-40)49(68-33-39-21-12-7-13-22-39)45(71-54(48)65)36-67-32-38-19-10-6-11-20-38/h6-29,37,44-45,47-50,54,65H,30-36H2,1-5H3,(H,57,66)(H,58,61)(H,59,62)(H,60,63)/t44-,45+,47-,48+,49+,50+,54+/m0/s1. The molecule has 1 fully saturated rings. The maximum Gasteiger partial charge on any atom is 0.408 e. The van der Waals surface area contributed by atoms with Crippen molar-refractivity contribution in [2.24, 2.45) is 5.92 Å². The first-order valence-electron chi connectivity index (χ1n) is 24.0. The molecule has 16 heteroatoms. The molecule has 5 aromatic rings. The van der Waals surface area contributed by atoms with E-state index in [0.717, 1.165) is 22.3 Å². The zero-order valence-corrected chi connectivity index (χ0v) is 41.4. The molecule has 1 saturated heterocycles. The first-order valence-corrected chi connectivity index (χ1v) is 24.0. The monoisotopic (exact) mass is 986 g/mol. The SMILES string of the molecule is CC(C)[C@H](NC(=O)[C@H](Cc1cccc(C(=O)OCc2ccccc2)c1)NC(=O)CNC(=O)OC(C)(C)C)C(=O)N[C@@H]1[C@@H](OCc2ccccc2)[C@H](OCc2ccccc2)[C@@H](COCc2ccccc2)O[C@H]1O. The van der Waals surface area contributed by atoms with Gasteiger partial charge >= 0.3 is 12.1 Å². The zero-order valence-electron chi connectivity index (χ0n) is 41.4. The second-order valence-corrected chi connectivity index (χ2v) is 18.8. The van der Waals surface area contributed by atoms with E-state index in [1.54, 1.807) is 58.9 Å². The van der Waals surface area contributed by atoms with E-state index in [1.807, 2.05) is 121 Å². The molecule has 382 valence electrons. The van der Waals surface area contributed by atoms with Gasteiger partial charge in [-0.15, -0.1) is 0 Å². The van der Waals surface area contributed by atoms with E-state index < -0.39 is 90.6 Å². The number of amides is 4. The van der Waals surface area contributed by atoms with E-state index in [2.05, 4.69) is 21.3 Å². The second-order valence-electron chi connectivity index (χ2n) is 18.8. The summed E-state index contributed by atoms with van der Waals surface area (Å²) < 4.78 is 36.4. The number of benzene rings is 5. The molecule has 1 aliphatic rings.